The summed E-state index contributed by atoms with van der Waals surface area (Å²) in [6.07, 6.45) is 2.13. The van der Waals surface area contributed by atoms with Crippen LogP contribution < -0.4 is 5.73 Å². The molecule has 0 aromatic heterocycles. The van der Waals surface area contributed by atoms with Crippen molar-refractivity contribution in [1.29, 1.82) is 0 Å². The predicted octanol–water partition coefficient (Wildman–Crippen LogP) is -0.296. The lowest BCUT2D eigenvalue weighted by Crippen LogP contribution is -2.50. The van der Waals surface area contributed by atoms with Crippen molar-refractivity contribution in [2.24, 2.45) is 5.73 Å². The minimum atomic E-state index is 0.0711. The molecule has 0 aromatic rings. The van der Waals surface area contributed by atoms with Crippen molar-refractivity contribution in [3.05, 3.63) is 6.92 Å². The molecule has 1 radical (unpaired) electrons. The van der Waals surface area contributed by atoms with Gasteiger partial charge in [-0.2, -0.15) is 0 Å². The van der Waals surface area contributed by atoms with Gasteiger partial charge in [0.25, 0.3) is 0 Å². The van der Waals surface area contributed by atoms with Crippen molar-refractivity contribution in [3.63, 3.8) is 0 Å². The minimum absolute atomic E-state index is 0.0711. The molecule has 0 spiro atoms. The summed E-state index contributed by atoms with van der Waals surface area (Å²) in [4.78, 5) is 15.5. The van der Waals surface area contributed by atoms with Gasteiger partial charge in [0.2, 0.25) is 5.91 Å². The number of hydrogen-bond donors (Lipinski definition) is 1. The molecule has 0 bridgehead atoms. The van der Waals surface area contributed by atoms with Crippen LogP contribution in [0.15, 0.2) is 0 Å². The summed E-state index contributed by atoms with van der Waals surface area (Å²) >= 11 is 0. The number of amides is 1. The lowest BCUT2D eigenvalue weighted by molar-refractivity contribution is -0.131. The molecular formula is C10H20N3O. The van der Waals surface area contributed by atoms with Gasteiger partial charge in [-0.25, -0.2) is 0 Å². The highest BCUT2D eigenvalue weighted by Gasteiger charge is 2.18. The first-order valence-corrected chi connectivity index (χ1v) is 5.27. The molecular weight excluding hydrogens is 178 g/mol. The Morgan fingerprint density at radius 2 is 1.93 bits per heavy atom. The molecule has 14 heavy (non-hydrogen) atoms. The smallest absolute Gasteiger partial charge is 0.236 e. The van der Waals surface area contributed by atoms with Crippen LogP contribution in [-0.4, -0.2) is 55.0 Å². The van der Waals surface area contributed by atoms with Crippen LogP contribution in [0.25, 0.3) is 0 Å². The van der Waals surface area contributed by atoms with Crippen LogP contribution >= 0.6 is 0 Å². The van der Waals surface area contributed by atoms with Crippen LogP contribution in [-0.2, 0) is 4.79 Å². The number of hydrogen-bond acceptors (Lipinski definition) is 3. The molecule has 1 amide bonds. The number of carbonyl (C=O) groups excluding carboxylic acids is 1. The van der Waals surface area contributed by atoms with Crippen molar-refractivity contribution in [3.8, 4) is 0 Å². The Morgan fingerprint density at radius 1 is 1.29 bits per heavy atom. The van der Waals surface area contributed by atoms with Gasteiger partial charge in [0.15, 0.2) is 0 Å². The highest BCUT2D eigenvalue weighted by atomic mass is 16.2. The Balaban J connectivity index is 2.20. The lowest BCUT2D eigenvalue weighted by Gasteiger charge is -2.34. The van der Waals surface area contributed by atoms with E-state index in [1.54, 1.807) is 0 Å². The Kier molecular flexibility index (Phi) is 4.90. The van der Waals surface area contributed by atoms with E-state index in [0.29, 0.717) is 0 Å². The first kappa shape index (κ1) is 11.5. The van der Waals surface area contributed by atoms with E-state index >= 15 is 0 Å². The quantitative estimate of drug-likeness (QED) is 0.675. The van der Waals surface area contributed by atoms with Crippen LogP contribution in [0.4, 0.5) is 0 Å². The van der Waals surface area contributed by atoms with E-state index in [4.69, 9.17) is 5.73 Å². The van der Waals surface area contributed by atoms with Gasteiger partial charge in [-0.05, 0) is 13.0 Å². The third-order valence-electron chi connectivity index (χ3n) is 2.62. The van der Waals surface area contributed by atoms with Gasteiger partial charge >= 0.3 is 0 Å². The standard InChI is InChI=1S/C10H20N3O/c1-2-3-4-12-5-7-13(8-6-12)10(14)9-11/h1-9,11H2. The summed E-state index contributed by atoms with van der Waals surface area (Å²) in [6.45, 7) is 8.67. The van der Waals surface area contributed by atoms with Crippen LogP contribution in [0.2, 0.25) is 0 Å². The van der Waals surface area contributed by atoms with Gasteiger partial charge < -0.3 is 10.6 Å². The topological polar surface area (TPSA) is 49.6 Å². The SMILES string of the molecule is [CH2]CCCN1CCN(C(=O)CN)CC1. The fraction of sp³-hybridized carbons (Fsp3) is 0.800. The third-order valence-corrected chi connectivity index (χ3v) is 2.62. The zero-order valence-corrected chi connectivity index (χ0v) is 8.74. The molecule has 81 valence electrons. The molecule has 0 aliphatic carbocycles. The van der Waals surface area contributed by atoms with E-state index in [1.807, 2.05) is 4.90 Å². The van der Waals surface area contributed by atoms with Crippen molar-refractivity contribution in [1.82, 2.24) is 9.80 Å². The zero-order chi connectivity index (χ0) is 10.4. The molecule has 0 atom stereocenters. The first-order valence-electron chi connectivity index (χ1n) is 5.27. The van der Waals surface area contributed by atoms with Crippen LogP contribution in [0, 0.1) is 6.92 Å². The molecule has 1 fully saturated rings. The Morgan fingerprint density at radius 3 is 2.43 bits per heavy atom. The second-order valence-electron chi connectivity index (χ2n) is 3.63. The van der Waals surface area contributed by atoms with Gasteiger partial charge in [0.1, 0.15) is 0 Å². The first-order chi connectivity index (χ1) is 6.77. The van der Waals surface area contributed by atoms with Gasteiger partial charge in [-0.3, -0.25) is 9.69 Å². The number of nitrogens with zero attached hydrogens (tertiary/aromatic N) is 2. The molecule has 2 N–H and O–H groups in total. The summed E-state index contributed by atoms with van der Waals surface area (Å²) < 4.78 is 0. The second kappa shape index (κ2) is 5.98. The largest absolute Gasteiger partial charge is 0.339 e. The molecule has 4 heteroatoms. The predicted molar refractivity (Wildman–Crippen MR) is 56.7 cm³/mol. The molecule has 1 rings (SSSR count). The molecule has 0 saturated carbocycles. The number of nitrogens with two attached hydrogens (primary N) is 1. The fourth-order valence-electron chi connectivity index (χ4n) is 1.69. The second-order valence-corrected chi connectivity index (χ2v) is 3.63. The number of unbranched alkanes of at least 4 members (excludes halogenated alkanes) is 1. The van der Waals surface area contributed by atoms with E-state index in [0.717, 1.165) is 45.6 Å². The fourth-order valence-corrected chi connectivity index (χ4v) is 1.69. The number of rotatable bonds is 4. The molecule has 1 aliphatic rings. The maximum Gasteiger partial charge on any atom is 0.236 e. The molecule has 1 saturated heterocycles. The molecule has 4 nitrogen and oxygen atoms in total. The lowest BCUT2D eigenvalue weighted by atomic mass is 10.2. The van der Waals surface area contributed by atoms with E-state index < -0.39 is 0 Å². The molecule has 1 aliphatic heterocycles. The summed E-state index contributed by atoms with van der Waals surface area (Å²) in [5, 5.41) is 0. The Labute approximate surface area is 86.0 Å². The van der Waals surface area contributed by atoms with Gasteiger partial charge in [0.05, 0.1) is 6.54 Å². The van der Waals surface area contributed by atoms with Crippen molar-refractivity contribution >= 4 is 5.91 Å². The van der Waals surface area contributed by atoms with E-state index in [-0.39, 0.29) is 12.5 Å². The number of piperazine rings is 1. The van der Waals surface area contributed by atoms with Crippen LogP contribution in [0.5, 0.6) is 0 Å². The van der Waals surface area contributed by atoms with Crippen LogP contribution in [0.3, 0.4) is 0 Å². The van der Waals surface area contributed by atoms with Crippen molar-refractivity contribution < 1.29 is 4.79 Å². The normalized spacial score (nSPS) is 18.6. The summed E-state index contributed by atoms with van der Waals surface area (Å²) in [5.41, 5.74) is 5.30. The third kappa shape index (κ3) is 3.27. The van der Waals surface area contributed by atoms with Crippen LogP contribution in [0.1, 0.15) is 12.8 Å². The monoisotopic (exact) mass is 198 g/mol. The maximum absolute atomic E-state index is 11.3. The highest BCUT2D eigenvalue weighted by Crippen LogP contribution is 2.03. The Hall–Kier alpha value is -0.610. The van der Waals surface area contributed by atoms with Crippen molar-refractivity contribution in [2.45, 2.75) is 12.8 Å². The van der Waals surface area contributed by atoms with Gasteiger partial charge in [0, 0.05) is 26.2 Å². The highest BCUT2D eigenvalue weighted by molar-refractivity contribution is 5.78. The van der Waals surface area contributed by atoms with Gasteiger partial charge in [-0.1, -0.05) is 13.3 Å². The summed E-state index contributed by atoms with van der Waals surface area (Å²) in [5.74, 6) is 0.0711. The van der Waals surface area contributed by atoms with E-state index in [2.05, 4.69) is 11.8 Å². The Bertz CT molecular complexity index is 176. The van der Waals surface area contributed by atoms with E-state index in [1.165, 1.54) is 0 Å². The molecule has 0 aromatic carbocycles. The zero-order valence-electron chi connectivity index (χ0n) is 8.74. The summed E-state index contributed by atoms with van der Waals surface area (Å²) in [7, 11) is 0. The molecule has 0 unspecified atom stereocenters. The number of carbonyl (C=O) groups is 1. The van der Waals surface area contributed by atoms with E-state index in [9.17, 15) is 4.79 Å². The average Bonchev–Trinajstić information content (AvgIpc) is 2.26. The maximum atomic E-state index is 11.3. The van der Waals surface area contributed by atoms with Gasteiger partial charge in [-0.15, -0.1) is 0 Å². The average molecular weight is 198 g/mol. The molecule has 1 heterocycles. The minimum Gasteiger partial charge on any atom is -0.339 e. The summed E-state index contributed by atoms with van der Waals surface area (Å²) in [6, 6.07) is 0. The van der Waals surface area contributed by atoms with Crippen molar-refractivity contribution in [2.75, 3.05) is 39.3 Å².